The summed E-state index contributed by atoms with van der Waals surface area (Å²) in [6.45, 7) is 3.01. The van der Waals surface area contributed by atoms with E-state index in [1.54, 1.807) is 6.07 Å². The van der Waals surface area contributed by atoms with E-state index in [0.29, 0.717) is 16.2 Å². The van der Waals surface area contributed by atoms with Gasteiger partial charge in [0.1, 0.15) is 0 Å². The SMILES string of the molecule is CC(CCNc1cc(Cl)nnc1Cl)c1ccccc1. The Morgan fingerprint density at radius 2 is 1.89 bits per heavy atom. The molecule has 1 heterocycles. The van der Waals surface area contributed by atoms with Crippen LogP contribution in [0.4, 0.5) is 5.69 Å². The first kappa shape index (κ1) is 14.1. The van der Waals surface area contributed by atoms with Crippen molar-refractivity contribution in [3.05, 3.63) is 52.3 Å². The Hall–Kier alpha value is -1.32. The van der Waals surface area contributed by atoms with Crippen LogP contribution in [0.1, 0.15) is 24.8 Å². The zero-order valence-corrected chi connectivity index (χ0v) is 12.1. The smallest absolute Gasteiger partial charge is 0.174 e. The first-order valence-corrected chi connectivity index (χ1v) is 6.90. The van der Waals surface area contributed by atoms with Gasteiger partial charge in [-0.05, 0) is 17.9 Å². The van der Waals surface area contributed by atoms with Crippen LogP contribution in [0.25, 0.3) is 0 Å². The molecule has 0 fully saturated rings. The molecule has 0 aliphatic rings. The molecule has 1 N–H and O–H groups in total. The normalized spacial score (nSPS) is 12.2. The minimum atomic E-state index is 0.336. The lowest BCUT2D eigenvalue weighted by Crippen LogP contribution is -2.07. The van der Waals surface area contributed by atoms with Crippen molar-refractivity contribution in [3.8, 4) is 0 Å². The molecule has 2 rings (SSSR count). The molecule has 2 aromatic rings. The van der Waals surface area contributed by atoms with Crippen molar-refractivity contribution in [2.75, 3.05) is 11.9 Å². The fourth-order valence-electron chi connectivity index (χ4n) is 1.85. The van der Waals surface area contributed by atoms with E-state index in [2.05, 4.69) is 46.7 Å². The molecule has 5 heteroatoms. The monoisotopic (exact) mass is 295 g/mol. The van der Waals surface area contributed by atoms with Crippen molar-refractivity contribution in [2.45, 2.75) is 19.3 Å². The van der Waals surface area contributed by atoms with E-state index in [1.165, 1.54) is 5.56 Å². The number of hydrogen-bond donors (Lipinski definition) is 1. The van der Waals surface area contributed by atoms with Gasteiger partial charge >= 0.3 is 0 Å². The summed E-state index contributed by atoms with van der Waals surface area (Å²) in [7, 11) is 0. The van der Waals surface area contributed by atoms with Crippen LogP contribution in [0, 0.1) is 0 Å². The van der Waals surface area contributed by atoms with E-state index in [9.17, 15) is 0 Å². The summed E-state index contributed by atoms with van der Waals surface area (Å²) in [6, 6.07) is 12.1. The van der Waals surface area contributed by atoms with Gasteiger partial charge in [0.25, 0.3) is 0 Å². The summed E-state index contributed by atoms with van der Waals surface area (Å²) < 4.78 is 0. The van der Waals surface area contributed by atoms with E-state index >= 15 is 0 Å². The molecule has 100 valence electrons. The molecule has 0 spiro atoms. The average molecular weight is 296 g/mol. The van der Waals surface area contributed by atoms with Crippen LogP contribution in [-0.4, -0.2) is 16.7 Å². The lowest BCUT2D eigenvalue weighted by molar-refractivity contribution is 0.705. The van der Waals surface area contributed by atoms with Crippen molar-refractivity contribution < 1.29 is 0 Å². The van der Waals surface area contributed by atoms with Gasteiger partial charge in [-0.1, -0.05) is 60.5 Å². The number of rotatable bonds is 5. The van der Waals surface area contributed by atoms with Gasteiger partial charge in [0.15, 0.2) is 10.3 Å². The Morgan fingerprint density at radius 3 is 2.63 bits per heavy atom. The fraction of sp³-hybridized carbons (Fsp3) is 0.286. The van der Waals surface area contributed by atoms with Gasteiger partial charge in [-0.25, -0.2) is 0 Å². The maximum Gasteiger partial charge on any atom is 0.174 e. The molecule has 19 heavy (non-hydrogen) atoms. The summed E-state index contributed by atoms with van der Waals surface area (Å²) in [5, 5.41) is 11.3. The van der Waals surface area contributed by atoms with Gasteiger partial charge in [-0.15, -0.1) is 10.2 Å². The number of hydrogen-bond acceptors (Lipinski definition) is 3. The summed E-state index contributed by atoms with van der Waals surface area (Å²) in [5.41, 5.74) is 2.06. The van der Waals surface area contributed by atoms with Crippen LogP contribution in [0.3, 0.4) is 0 Å². The topological polar surface area (TPSA) is 37.8 Å². The van der Waals surface area contributed by atoms with Gasteiger partial charge in [0.05, 0.1) is 5.69 Å². The Morgan fingerprint density at radius 1 is 1.16 bits per heavy atom. The van der Waals surface area contributed by atoms with Crippen molar-refractivity contribution in [3.63, 3.8) is 0 Å². The third-order valence-corrected chi connectivity index (χ3v) is 3.44. The van der Waals surface area contributed by atoms with Crippen molar-refractivity contribution >= 4 is 28.9 Å². The molecule has 0 saturated heterocycles. The quantitative estimate of drug-likeness (QED) is 0.889. The molecule has 1 aromatic carbocycles. The zero-order chi connectivity index (χ0) is 13.7. The second-order valence-electron chi connectivity index (χ2n) is 4.40. The van der Waals surface area contributed by atoms with Crippen LogP contribution in [0.15, 0.2) is 36.4 Å². The molecule has 0 radical (unpaired) electrons. The highest BCUT2D eigenvalue weighted by Gasteiger charge is 2.06. The van der Waals surface area contributed by atoms with E-state index in [1.807, 2.05) is 6.07 Å². The van der Waals surface area contributed by atoms with Gasteiger partial charge in [-0.2, -0.15) is 0 Å². The standard InChI is InChI=1S/C14H15Cl2N3/c1-10(11-5-3-2-4-6-11)7-8-17-12-9-13(15)18-19-14(12)16/h2-6,9-10H,7-8H2,1H3,(H,17,18). The predicted molar refractivity (Wildman–Crippen MR) is 80.0 cm³/mol. The van der Waals surface area contributed by atoms with E-state index < -0.39 is 0 Å². The van der Waals surface area contributed by atoms with Crippen LogP contribution in [0.2, 0.25) is 10.3 Å². The highest BCUT2D eigenvalue weighted by atomic mass is 35.5. The molecule has 0 aliphatic heterocycles. The van der Waals surface area contributed by atoms with Crippen LogP contribution < -0.4 is 5.32 Å². The Labute approximate surface area is 123 Å². The van der Waals surface area contributed by atoms with Crippen LogP contribution >= 0.6 is 23.2 Å². The van der Waals surface area contributed by atoms with Gasteiger partial charge in [0, 0.05) is 12.6 Å². The first-order valence-electron chi connectivity index (χ1n) is 6.14. The lowest BCUT2D eigenvalue weighted by atomic mass is 9.98. The first-order chi connectivity index (χ1) is 9.16. The zero-order valence-electron chi connectivity index (χ0n) is 10.6. The molecule has 0 aliphatic carbocycles. The molecule has 0 bridgehead atoms. The molecular weight excluding hydrogens is 281 g/mol. The Kier molecular flexibility index (Phi) is 5.00. The largest absolute Gasteiger partial charge is 0.382 e. The number of aromatic nitrogens is 2. The van der Waals surface area contributed by atoms with Gasteiger partial charge < -0.3 is 5.32 Å². The molecule has 3 nitrogen and oxygen atoms in total. The van der Waals surface area contributed by atoms with E-state index in [-0.39, 0.29) is 0 Å². The van der Waals surface area contributed by atoms with Crippen LogP contribution in [-0.2, 0) is 0 Å². The second-order valence-corrected chi connectivity index (χ2v) is 5.14. The average Bonchev–Trinajstić information content (AvgIpc) is 2.43. The maximum absolute atomic E-state index is 5.93. The number of anilines is 1. The Balaban J connectivity index is 1.88. The molecule has 1 unspecified atom stereocenters. The van der Waals surface area contributed by atoms with Gasteiger partial charge in [0.2, 0.25) is 0 Å². The number of benzene rings is 1. The maximum atomic E-state index is 5.93. The third kappa shape index (κ3) is 4.08. The van der Waals surface area contributed by atoms with Crippen molar-refractivity contribution in [1.82, 2.24) is 10.2 Å². The minimum Gasteiger partial charge on any atom is -0.382 e. The molecule has 1 aromatic heterocycles. The summed E-state index contributed by atoms with van der Waals surface area (Å²) >= 11 is 11.7. The number of halogens is 2. The van der Waals surface area contributed by atoms with Crippen LogP contribution in [0.5, 0.6) is 0 Å². The van der Waals surface area contributed by atoms with Crippen molar-refractivity contribution in [1.29, 1.82) is 0 Å². The van der Waals surface area contributed by atoms with E-state index in [0.717, 1.165) is 18.7 Å². The highest BCUT2D eigenvalue weighted by Crippen LogP contribution is 2.22. The van der Waals surface area contributed by atoms with E-state index in [4.69, 9.17) is 23.2 Å². The summed E-state index contributed by atoms with van der Waals surface area (Å²) in [6.07, 6.45) is 1.00. The molecule has 1 atom stereocenters. The summed E-state index contributed by atoms with van der Waals surface area (Å²) in [4.78, 5) is 0. The number of nitrogens with one attached hydrogen (secondary N) is 1. The fourth-order valence-corrected chi connectivity index (χ4v) is 2.15. The van der Waals surface area contributed by atoms with Crippen molar-refractivity contribution in [2.24, 2.45) is 0 Å². The Bertz CT molecular complexity index is 531. The number of nitrogens with zero attached hydrogens (tertiary/aromatic N) is 2. The lowest BCUT2D eigenvalue weighted by Gasteiger charge is -2.13. The summed E-state index contributed by atoms with van der Waals surface area (Å²) in [5.74, 6) is 0.484. The molecular formula is C14H15Cl2N3. The highest BCUT2D eigenvalue weighted by molar-refractivity contribution is 6.33. The minimum absolute atomic E-state index is 0.336. The predicted octanol–water partition coefficient (Wildman–Crippen LogP) is 4.39. The molecule has 0 amide bonds. The molecule has 0 saturated carbocycles. The second kappa shape index (κ2) is 6.73. The third-order valence-electron chi connectivity index (χ3n) is 2.98. The van der Waals surface area contributed by atoms with Gasteiger partial charge in [-0.3, -0.25) is 0 Å².